The summed E-state index contributed by atoms with van der Waals surface area (Å²) >= 11 is 0. The Morgan fingerprint density at radius 1 is 0.971 bits per heavy atom. The molecule has 188 valence electrons. The number of piperidine rings is 2. The summed E-state index contributed by atoms with van der Waals surface area (Å²) in [6, 6.07) is 8.22. The highest BCUT2D eigenvalue weighted by atomic mass is 16.6. The third-order valence-electron chi connectivity index (χ3n) is 6.89. The van der Waals surface area contributed by atoms with Gasteiger partial charge in [-0.25, -0.2) is 4.79 Å². The molecule has 2 aliphatic rings. The Hall–Kier alpha value is -2.57. The number of carboxylic acids is 1. The number of aryl methyl sites for hydroxylation is 1. The monoisotopic (exact) mass is 472 g/mol. The summed E-state index contributed by atoms with van der Waals surface area (Å²) < 4.78 is 5.47. The van der Waals surface area contributed by atoms with Crippen molar-refractivity contribution in [3.63, 3.8) is 0 Å². The highest BCUT2D eigenvalue weighted by Gasteiger charge is 2.29. The van der Waals surface area contributed by atoms with Crippen LogP contribution in [0.5, 0.6) is 0 Å². The number of amides is 2. The molecule has 0 radical (unpaired) electrons. The van der Waals surface area contributed by atoms with Gasteiger partial charge in [0.15, 0.2) is 0 Å². The Kier molecular flexibility index (Phi) is 8.97. The normalized spacial score (nSPS) is 19.7. The highest BCUT2D eigenvalue weighted by Crippen LogP contribution is 2.29. The second kappa shape index (κ2) is 11.7. The van der Waals surface area contributed by atoms with Crippen LogP contribution < -0.4 is 0 Å². The molecule has 0 spiro atoms. The van der Waals surface area contributed by atoms with Crippen LogP contribution in [0.1, 0.15) is 82.8 Å². The number of ether oxygens (including phenoxy) is 1. The van der Waals surface area contributed by atoms with Gasteiger partial charge in [-0.3, -0.25) is 9.59 Å². The number of carboxylic acid groups (broad SMARTS) is 1. The van der Waals surface area contributed by atoms with Crippen molar-refractivity contribution in [3.05, 3.63) is 35.4 Å². The van der Waals surface area contributed by atoms with Crippen LogP contribution in [0.4, 0.5) is 4.79 Å². The van der Waals surface area contributed by atoms with E-state index >= 15 is 0 Å². The van der Waals surface area contributed by atoms with Crippen molar-refractivity contribution in [2.45, 2.75) is 83.7 Å². The lowest BCUT2D eigenvalue weighted by Crippen LogP contribution is -2.42. The fourth-order valence-electron chi connectivity index (χ4n) is 4.90. The molecule has 0 bridgehead atoms. The molecular weight excluding hydrogens is 432 g/mol. The summed E-state index contributed by atoms with van der Waals surface area (Å²) in [5, 5.41) is 8.85. The maximum atomic E-state index is 12.9. The highest BCUT2D eigenvalue weighted by molar-refractivity contribution is 5.76. The number of carbonyl (C=O) groups is 3. The first kappa shape index (κ1) is 26.0. The molecule has 2 saturated heterocycles. The van der Waals surface area contributed by atoms with E-state index in [0.717, 1.165) is 50.8 Å². The zero-order valence-electron chi connectivity index (χ0n) is 20.9. The van der Waals surface area contributed by atoms with Gasteiger partial charge in [-0.05, 0) is 76.3 Å². The van der Waals surface area contributed by atoms with Crippen molar-refractivity contribution in [1.29, 1.82) is 0 Å². The SMILES string of the molecule is CC(C)(C)OC(=O)N1CCC(CCC(=O)N2CCCC(c3ccc(CCC(=O)O)cc3)C2)CC1. The summed E-state index contributed by atoms with van der Waals surface area (Å²) in [5.41, 5.74) is 1.79. The second-order valence-electron chi connectivity index (χ2n) is 10.8. The van der Waals surface area contributed by atoms with Gasteiger partial charge in [0, 0.05) is 44.9 Å². The van der Waals surface area contributed by atoms with Crippen molar-refractivity contribution >= 4 is 18.0 Å². The average molecular weight is 473 g/mol. The summed E-state index contributed by atoms with van der Waals surface area (Å²) in [5.74, 6) is 0.265. The van der Waals surface area contributed by atoms with E-state index in [1.54, 1.807) is 4.90 Å². The van der Waals surface area contributed by atoms with Crippen LogP contribution in [0, 0.1) is 5.92 Å². The van der Waals surface area contributed by atoms with Gasteiger partial charge in [0.05, 0.1) is 0 Å². The molecule has 34 heavy (non-hydrogen) atoms. The number of nitrogens with zero attached hydrogens (tertiary/aromatic N) is 2. The van der Waals surface area contributed by atoms with Crippen LogP contribution in [0.15, 0.2) is 24.3 Å². The number of benzene rings is 1. The number of aliphatic carboxylic acids is 1. The molecule has 7 nitrogen and oxygen atoms in total. The molecule has 2 amide bonds. The topological polar surface area (TPSA) is 87.2 Å². The van der Waals surface area contributed by atoms with E-state index in [1.165, 1.54) is 5.56 Å². The minimum atomic E-state index is -0.779. The minimum Gasteiger partial charge on any atom is -0.481 e. The maximum Gasteiger partial charge on any atom is 0.410 e. The molecule has 0 aliphatic carbocycles. The molecule has 0 aromatic heterocycles. The Morgan fingerprint density at radius 2 is 1.65 bits per heavy atom. The summed E-state index contributed by atoms with van der Waals surface area (Å²) in [4.78, 5) is 39.7. The van der Waals surface area contributed by atoms with Gasteiger partial charge in [0.1, 0.15) is 5.60 Å². The smallest absolute Gasteiger partial charge is 0.410 e. The van der Waals surface area contributed by atoms with Crippen LogP contribution in [-0.4, -0.2) is 64.7 Å². The fourth-order valence-corrected chi connectivity index (χ4v) is 4.90. The van der Waals surface area contributed by atoms with Gasteiger partial charge < -0.3 is 19.6 Å². The molecule has 1 atom stereocenters. The quantitative estimate of drug-likeness (QED) is 0.614. The van der Waals surface area contributed by atoms with Crippen molar-refractivity contribution in [2.75, 3.05) is 26.2 Å². The van der Waals surface area contributed by atoms with E-state index in [2.05, 4.69) is 12.1 Å². The largest absolute Gasteiger partial charge is 0.481 e. The molecular formula is C27H40N2O5. The Morgan fingerprint density at radius 3 is 2.26 bits per heavy atom. The van der Waals surface area contributed by atoms with Gasteiger partial charge >= 0.3 is 12.1 Å². The van der Waals surface area contributed by atoms with E-state index in [-0.39, 0.29) is 18.4 Å². The zero-order chi connectivity index (χ0) is 24.7. The van der Waals surface area contributed by atoms with Crippen LogP contribution in [0.3, 0.4) is 0 Å². The molecule has 1 aromatic rings. The Bertz CT molecular complexity index is 838. The van der Waals surface area contributed by atoms with E-state index < -0.39 is 11.6 Å². The van der Waals surface area contributed by atoms with Crippen LogP contribution >= 0.6 is 0 Å². The van der Waals surface area contributed by atoms with E-state index in [1.807, 2.05) is 37.8 Å². The molecule has 1 aromatic carbocycles. The van der Waals surface area contributed by atoms with Crippen LogP contribution in [-0.2, 0) is 20.7 Å². The molecule has 2 aliphatic heterocycles. The molecule has 7 heteroatoms. The molecule has 1 unspecified atom stereocenters. The first-order chi connectivity index (χ1) is 16.1. The summed E-state index contributed by atoms with van der Waals surface area (Å²) in [6.07, 6.45) is 5.81. The van der Waals surface area contributed by atoms with Gasteiger partial charge in [0.25, 0.3) is 0 Å². The number of hydrogen-bond acceptors (Lipinski definition) is 4. The standard InChI is InChI=1S/C27H40N2O5/c1-27(2,3)34-26(33)28-17-14-21(15-18-28)8-12-24(30)29-16-4-5-23(19-29)22-10-6-20(7-11-22)9-13-25(31)32/h6-7,10-11,21,23H,4-5,8-9,12-19H2,1-3H3,(H,31,32). The lowest BCUT2D eigenvalue weighted by atomic mass is 9.89. The van der Waals surface area contributed by atoms with Crippen molar-refractivity contribution < 1.29 is 24.2 Å². The van der Waals surface area contributed by atoms with Crippen LogP contribution in [0.2, 0.25) is 0 Å². The second-order valence-corrected chi connectivity index (χ2v) is 10.8. The number of likely N-dealkylation sites (tertiary alicyclic amines) is 2. The maximum absolute atomic E-state index is 12.9. The van der Waals surface area contributed by atoms with Gasteiger partial charge in [-0.1, -0.05) is 24.3 Å². The third-order valence-corrected chi connectivity index (χ3v) is 6.89. The third kappa shape index (κ3) is 8.03. The van der Waals surface area contributed by atoms with E-state index in [4.69, 9.17) is 9.84 Å². The van der Waals surface area contributed by atoms with Crippen molar-refractivity contribution in [1.82, 2.24) is 9.80 Å². The van der Waals surface area contributed by atoms with Gasteiger partial charge in [0.2, 0.25) is 5.91 Å². The Balaban J connectivity index is 1.42. The average Bonchev–Trinajstić information content (AvgIpc) is 2.81. The predicted molar refractivity (Wildman–Crippen MR) is 131 cm³/mol. The Labute approximate surface area is 203 Å². The molecule has 2 heterocycles. The fraction of sp³-hybridized carbons (Fsp3) is 0.667. The number of rotatable bonds is 7. The lowest BCUT2D eigenvalue weighted by Gasteiger charge is -2.35. The first-order valence-electron chi connectivity index (χ1n) is 12.7. The van der Waals surface area contributed by atoms with E-state index in [0.29, 0.717) is 37.8 Å². The molecule has 3 rings (SSSR count). The zero-order valence-corrected chi connectivity index (χ0v) is 20.9. The molecule has 2 fully saturated rings. The first-order valence-corrected chi connectivity index (χ1v) is 12.7. The summed E-state index contributed by atoms with van der Waals surface area (Å²) in [6.45, 7) is 8.61. The number of hydrogen-bond donors (Lipinski definition) is 1. The molecule has 1 N–H and O–H groups in total. The van der Waals surface area contributed by atoms with E-state index in [9.17, 15) is 14.4 Å². The minimum absolute atomic E-state index is 0.144. The predicted octanol–water partition coefficient (Wildman–Crippen LogP) is 4.84. The van der Waals surface area contributed by atoms with Gasteiger partial charge in [-0.2, -0.15) is 0 Å². The van der Waals surface area contributed by atoms with Crippen LogP contribution in [0.25, 0.3) is 0 Å². The lowest BCUT2D eigenvalue weighted by molar-refractivity contribution is -0.137. The number of carbonyl (C=O) groups excluding carboxylic acids is 2. The summed E-state index contributed by atoms with van der Waals surface area (Å²) in [7, 11) is 0. The molecule has 0 saturated carbocycles. The van der Waals surface area contributed by atoms with Gasteiger partial charge in [-0.15, -0.1) is 0 Å². The van der Waals surface area contributed by atoms with Crippen molar-refractivity contribution in [3.8, 4) is 0 Å². The van der Waals surface area contributed by atoms with Crippen molar-refractivity contribution in [2.24, 2.45) is 5.92 Å².